The van der Waals surface area contributed by atoms with Gasteiger partial charge in [-0.2, -0.15) is 5.10 Å². The van der Waals surface area contributed by atoms with Crippen LogP contribution < -0.4 is 0 Å². The van der Waals surface area contributed by atoms with E-state index < -0.39 is 5.97 Å². The molecule has 1 N–H and O–H groups in total. The number of carboxylic acid groups (broad SMARTS) is 1. The standard InChI is InChI=1S/C14H18N4O2/c1-2-17-6-5-10(8-17)7-12-15-13-4-3-11(14(19)20)9-18(13)16-12/h3-4,9-10H,2,5-8H2,1H3,(H,19,20). The predicted octanol–water partition coefficient (Wildman–Crippen LogP) is 1.31. The van der Waals surface area contributed by atoms with Crippen molar-refractivity contribution in [2.24, 2.45) is 5.92 Å². The molecule has 1 unspecified atom stereocenters. The largest absolute Gasteiger partial charge is 0.478 e. The van der Waals surface area contributed by atoms with Gasteiger partial charge in [0.1, 0.15) is 0 Å². The smallest absolute Gasteiger partial charge is 0.337 e. The number of rotatable bonds is 4. The molecule has 0 radical (unpaired) electrons. The Kier molecular flexibility index (Phi) is 3.40. The van der Waals surface area contributed by atoms with Gasteiger partial charge in [0.2, 0.25) is 0 Å². The molecular weight excluding hydrogens is 256 g/mol. The molecule has 0 bridgehead atoms. The second kappa shape index (κ2) is 5.20. The molecule has 6 nitrogen and oxygen atoms in total. The fourth-order valence-electron chi connectivity index (χ4n) is 2.77. The average molecular weight is 274 g/mol. The van der Waals surface area contributed by atoms with E-state index in [-0.39, 0.29) is 5.56 Å². The van der Waals surface area contributed by atoms with E-state index in [1.54, 1.807) is 16.6 Å². The van der Waals surface area contributed by atoms with Crippen LogP contribution in [0.3, 0.4) is 0 Å². The van der Waals surface area contributed by atoms with Crippen LogP contribution in [0.5, 0.6) is 0 Å². The number of hydrogen-bond donors (Lipinski definition) is 1. The van der Waals surface area contributed by atoms with Crippen molar-refractivity contribution >= 4 is 11.6 Å². The van der Waals surface area contributed by atoms with Crippen LogP contribution in [0.25, 0.3) is 5.65 Å². The lowest BCUT2D eigenvalue weighted by Gasteiger charge is -2.11. The highest BCUT2D eigenvalue weighted by molar-refractivity contribution is 5.87. The molecule has 20 heavy (non-hydrogen) atoms. The number of fused-ring (bicyclic) bond motifs is 1. The summed E-state index contributed by atoms with van der Waals surface area (Å²) >= 11 is 0. The molecule has 0 spiro atoms. The number of carbonyl (C=O) groups is 1. The molecule has 1 aliphatic heterocycles. The summed E-state index contributed by atoms with van der Waals surface area (Å²) in [6.45, 7) is 5.53. The van der Waals surface area contributed by atoms with E-state index >= 15 is 0 Å². The van der Waals surface area contributed by atoms with Crippen LogP contribution in [0, 0.1) is 5.92 Å². The second-order valence-electron chi connectivity index (χ2n) is 5.31. The zero-order valence-corrected chi connectivity index (χ0v) is 11.5. The van der Waals surface area contributed by atoms with Crippen LogP contribution in [0.1, 0.15) is 29.5 Å². The zero-order valence-electron chi connectivity index (χ0n) is 11.5. The Hall–Kier alpha value is -1.95. The van der Waals surface area contributed by atoms with E-state index in [1.807, 2.05) is 0 Å². The third-order valence-corrected chi connectivity index (χ3v) is 3.91. The quantitative estimate of drug-likeness (QED) is 0.910. The molecule has 1 fully saturated rings. The molecule has 106 valence electrons. The highest BCUT2D eigenvalue weighted by atomic mass is 16.4. The fourth-order valence-corrected chi connectivity index (χ4v) is 2.77. The number of hydrogen-bond acceptors (Lipinski definition) is 4. The third kappa shape index (κ3) is 2.51. The third-order valence-electron chi connectivity index (χ3n) is 3.91. The van der Waals surface area contributed by atoms with Crippen LogP contribution in [0.4, 0.5) is 0 Å². The molecule has 0 aliphatic carbocycles. The van der Waals surface area contributed by atoms with E-state index in [0.717, 1.165) is 31.9 Å². The monoisotopic (exact) mass is 274 g/mol. The van der Waals surface area contributed by atoms with Gasteiger partial charge in [-0.05, 0) is 37.6 Å². The van der Waals surface area contributed by atoms with Crippen LogP contribution in [0.2, 0.25) is 0 Å². The lowest BCUT2D eigenvalue weighted by atomic mass is 10.1. The first-order valence-corrected chi connectivity index (χ1v) is 6.96. The van der Waals surface area contributed by atoms with E-state index in [9.17, 15) is 4.79 Å². The Bertz CT molecular complexity index is 637. The molecule has 1 atom stereocenters. The summed E-state index contributed by atoms with van der Waals surface area (Å²) in [5, 5.41) is 13.4. The number of aromatic nitrogens is 3. The van der Waals surface area contributed by atoms with Crippen molar-refractivity contribution in [2.75, 3.05) is 19.6 Å². The first kappa shape index (κ1) is 13.1. The minimum atomic E-state index is -0.946. The number of carboxylic acids is 1. The van der Waals surface area contributed by atoms with Crippen LogP contribution >= 0.6 is 0 Å². The maximum absolute atomic E-state index is 10.9. The maximum Gasteiger partial charge on any atom is 0.337 e. The predicted molar refractivity (Wildman–Crippen MR) is 73.9 cm³/mol. The van der Waals surface area contributed by atoms with Gasteiger partial charge in [0, 0.05) is 19.2 Å². The summed E-state index contributed by atoms with van der Waals surface area (Å²) in [5.74, 6) is 0.458. The van der Waals surface area contributed by atoms with Crippen molar-refractivity contribution in [2.45, 2.75) is 19.8 Å². The van der Waals surface area contributed by atoms with Crippen molar-refractivity contribution in [3.63, 3.8) is 0 Å². The molecule has 6 heteroatoms. The molecule has 1 saturated heterocycles. The minimum absolute atomic E-state index is 0.229. The molecule has 2 aromatic rings. The van der Waals surface area contributed by atoms with Crippen molar-refractivity contribution in [3.05, 3.63) is 29.7 Å². The van der Waals surface area contributed by atoms with Gasteiger partial charge in [-0.15, -0.1) is 0 Å². The van der Waals surface area contributed by atoms with Crippen LogP contribution in [-0.4, -0.2) is 50.2 Å². The maximum atomic E-state index is 10.9. The molecule has 3 rings (SSSR count). The van der Waals surface area contributed by atoms with Crippen LogP contribution in [-0.2, 0) is 6.42 Å². The molecule has 1 aliphatic rings. The first-order chi connectivity index (χ1) is 9.65. The Labute approximate surface area is 117 Å². The lowest BCUT2D eigenvalue weighted by Crippen LogP contribution is -2.20. The first-order valence-electron chi connectivity index (χ1n) is 6.96. The van der Waals surface area contributed by atoms with Crippen molar-refractivity contribution < 1.29 is 9.90 Å². The topological polar surface area (TPSA) is 70.7 Å². The molecule has 0 amide bonds. The van der Waals surface area contributed by atoms with E-state index in [4.69, 9.17) is 5.11 Å². The number of likely N-dealkylation sites (tertiary alicyclic amines) is 1. The summed E-state index contributed by atoms with van der Waals surface area (Å²) in [6, 6.07) is 3.26. The summed E-state index contributed by atoms with van der Waals surface area (Å²) in [7, 11) is 0. The fraction of sp³-hybridized carbons (Fsp3) is 0.500. The van der Waals surface area contributed by atoms with Gasteiger partial charge in [-0.3, -0.25) is 0 Å². The molecule has 0 aromatic carbocycles. The Balaban J connectivity index is 1.77. The molecule has 3 heterocycles. The van der Waals surface area contributed by atoms with Gasteiger partial charge in [-0.25, -0.2) is 14.3 Å². The Morgan fingerprint density at radius 2 is 2.35 bits per heavy atom. The highest BCUT2D eigenvalue weighted by Crippen LogP contribution is 2.19. The second-order valence-corrected chi connectivity index (χ2v) is 5.31. The van der Waals surface area contributed by atoms with E-state index in [1.165, 1.54) is 12.6 Å². The molecule has 0 saturated carbocycles. The van der Waals surface area contributed by atoms with Crippen LogP contribution in [0.15, 0.2) is 18.3 Å². The van der Waals surface area contributed by atoms with Gasteiger partial charge >= 0.3 is 5.97 Å². The summed E-state index contributed by atoms with van der Waals surface area (Å²) in [4.78, 5) is 17.8. The van der Waals surface area contributed by atoms with Crippen molar-refractivity contribution in [1.29, 1.82) is 0 Å². The van der Waals surface area contributed by atoms with Gasteiger partial charge in [0.05, 0.1) is 5.56 Å². The SMILES string of the molecule is CCN1CCC(Cc2nc3ccc(C(=O)O)cn3n2)C1. The Morgan fingerprint density at radius 1 is 1.50 bits per heavy atom. The normalized spacial score (nSPS) is 19.8. The van der Waals surface area contributed by atoms with Gasteiger partial charge in [0.25, 0.3) is 0 Å². The van der Waals surface area contributed by atoms with Gasteiger partial charge in [-0.1, -0.05) is 6.92 Å². The van der Waals surface area contributed by atoms with Gasteiger partial charge < -0.3 is 10.0 Å². The highest BCUT2D eigenvalue weighted by Gasteiger charge is 2.22. The zero-order chi connectivity index (χ0) is 14.1. The number of nitrogens with zero attached hydrogens (tertiary/aromatic N) is 4. The summed E-state index contributed by atoms with van der Waals surface area (Å²) in [6.07, 6.45) is 3.56. The minimum Gasteiger partial charge on any atom is -0.478 e. The lowest BCUT2D eigenvalue weighted by molar-refractivity contribution is 0.0696. The number of pyridine rings is 1. The summed E-state index contributed by atoms with van der Waals surface area (Å²) < 4.78 is 1.56. The Morgan fingerprint density at radius 3 is 3.05 bits per heavy atom. The average Bonchev–Trinajstić information content (AvgIpc) is 3.03. The van der Waals surface area contributed by atoms with E-state index in [0.29, 0.717) is 11.6 Å². The van der Waals surface area contributed by atoms with Crippen molar-refractivity contribution in [1.82, 2.24) is 19.5 Å². The molecular formula is C14H18N4O2. The van der Waals surface area contributed by atoms with E-state index in [2.05, 4.69) is 21.9 Å². The number of aromatic carboxylic acids is 1. The van der Waals surface area contributed by atoms with Gasteiger partial charge in [0.15, 0.2) is 11.5 Å². The van der Waals surface area contributed by atoms with Crippen molar-refractivity contribution in [3.8, 4) is 0 Å². The summed E-state index contributed by atoms with van der Waals surface area (Å²) in [5.41, 5.74) is 0.933. The molecule has 2 aromatic heterocycles.